The lowest BCUT2D eigenvalue weighted by atomic mass is 10.1. The minimum atomic E-state index is -1.55. The van der Waals surface area contributed by atoms with Gasteiger partial charge in [0, 0.05) is 38.2 Å². The molecule has 318 valence electrons. The molecule has 4 N–H and O–H groups in total. The van der Waals surface area contributed by atoms with Crippen LogP contribution in [0.4, 0.5) is 34.1 Å². The Morgan fingerprint density at radius 1 is 0.484 bits per heavy atom. The highest BCUT2D eigenvalue weighted by atomic mass is 35.5. The van der Waals surface area contributed by atoms with E-state index >= 15 is 0 Å². The highest BCUT2D eigenvalue weighted by Gasteiger charge is 2.27. The lowest BCUT2D eigenvalue weighted by molar-refractivity contribution is -0.128. The number of hydrogen-bond acceptors (Lipinski definition) is 10. The Bertz CT molecular complexity index is 2530. The Labute approximate surface area is 380 Å². The summed E-state index contributed by atoms with van der Waals surface area (Å²) in [5.74, 6) is -4.21. The number of nitrogens with zero attached hydrogens (tertiary/aromatic N) is 4. The number of carbonyl (C=O) groups is 6. The van der Waals surface area contributed by atoms with Gasteiger partial charge in [-0.25, -0.2) is 0 Å². The SMILES string of the molecule is CC(=O)C(Nc1cc(Cl)c(NC(C(C)=O)C(=O)/N=N/c2cc(C(=O)Nc3cccc(Cl)c3C)ccc2Cl)cc1C)C(=O)/N=N/c1cc(C(=O)Nc2cccc(Cl)c2C)ccc1Cl. The van der Waals surface area contributed by atoms with Crippen molar-refractivity contribution in [3.8, 4) is 0 Å². The van der Waals surface area contributed by atoms with Crippen molar-refractivity contribution >= 4 is 127 Å². The Morgan fingerprint density at radius 2 is 0.903 bits per heavy atom. The van der Waals surface area contributed by atoms with Gasteiger partial charge in [-0.1, -0.05) is 70.1 Å². The lowest BCUT2D eigenvalue weighted by Gasteiger charge is -2.19. The summed E-state index contributed by atoms with van der Waals surface area (Å²) in [7, 11) is 0. The topological polar surface area (TPSA) is 200 Å². The first-order valence-corrected chi connectivity index (χ1v) is 20.2. The van der Waals surface area contributed by atoms with E-state index in [0.717, 1.165) is 6.92 Å². The molecular weight excluding hydrogens is 902 g/mol. The summed E-state index contributed by atoms with van der Waals surface area (Å²) in [5.41, 5.74) is 3.45. The number of aryl methyl sites for hydroxylation is 1. The first-order valence-electron chi connectivity index (χ1n) is 18.3. The van der Waals surface area contributed by atoms with E-state index in [1.165, 1.54) is 55.5 Å². The normalized spacial score (nSPS) is 12.2. The molecule has 5 aromatic rings. The summed E-state index contributed by atoms with van der Waals surface area (Å²) < 4.78 is 0. The number of anilines is 4. The zero-order valence-electron chi connectivity index (χ0n) is 33.4. The highest BCUT2D eigenvalue weighted by molar-refractivity contribution is 6.35. The molecule has 14 nitrogen and oxygen atoms in total. The van der Waals surface area contributed by atoms with Crippen molar-refractivity contribution in [2.24, 2.45) is 20.5 Å². The van der Waals surface area contributed by atoms with Crippen molar-refractivity contribution in [1.29, 1.82) is 0 Å². The number of nitrogens with one attached hydrogen (secondary N) is 4. The molecule has 0 fully saturated rings. The number of ketones is 2. The van der Waals surface area contributed by atoms with E-state index in [2.05, 4.69) is 41.7 Å². The fourth-order valence-electron chi connectivity index (χ4n) is 5.59. The summed E-state index contributed by atoms with van der Waals surface area (Å²) in [6.45, 7) is 7.46. The molecule has 0 aliphatic carbocycles. The van der Waals surface area contributed by atoms with Crippen LogP contribution in [0.5, 0.6) is 0 Å². The van der Waals surface area contributed by atoms with Gasteiger partial charge in [0.15, 0.2) is 23.7 Å². The van der Waals surface area contributed by atoms with Crippen LogP contribution in [0, 0.1) is 20.8 Å². The number of halogens is 5. The zero-order chi connectivity index (χ0) is 45.4. The maximum atomic E-state index is 13.2. The fourth-order valence-corrected chi connectivity index (χ4v) is 6.47. The van der Waals surface area contributed by atoms with Crippen LogP contribution in [-0.2, 0) is 19.2 Å². The van der Waals surface area contributed by atoms with E-state index in [1.807, 2.05) is 0 Å². The van der Waals surface area contributed by atoms with Crippen molar-refractivity contribution < 1.29 is 28.8 Å². The standard InChI is InChI=1S/C43H35Cl5N8O6/c1-20-16-35(50-39(24(5)58)43(62)56-54-37-18-26(13-15-30(37)47)41(60)52-33-11-7-9-28(45)22(33)3)31(48)19-34(20)49-38(23(4)57)42(61)55-53-36-17-25(12-14-29(36)46)40(59)51-32-10-6-8-27(44)21(32)2/h6-19,38-39,49-50H,1-5H3,(H,51,59)(H,52,60)/b55-53+,56-54+. The van der Waals surface area contributed by atoms with Gasteiger partial charge in [-0.15, -0.1) is 20.5 Å². The Hall–Kier alpha value is -6.03. The zero-order valence-corrected chi connectivity index (χ0v) is 37.1. The molecule has 0 aliphatic heterocycles. The average Bonchev–Trinajstić information content (AvgIpc) is 3.22. The number of azo groups is 2. The second-order valence-electron chi connectivity index (χ2n) is 13.7. The van der Waals surface area contributed by atoms with Gasteiger partial charge in [0.25, 0.3) is 23.6 Å². The number of benzene rings is 5. The van der Waals surface area contributed by atoms with Crippen molar-refractivity contribution in [3.63, 3.8) is 0 Å². The summed E-state index contributed by atoms with van der Waals surface area (Å²) >= 11 is 31.5. The van der Waals surface area contributed by atoms with Gasteiger partial charge in [-0.2, -0.15) is 0 Å². The highest BCUT2D eigenvalue weighted by Crippen LogP contribution is 2.33. The van der Waals surface area contributed by atoms with E-state index in [-0.39, 0.29) is 48.9 Å². The summed E-state index contributed by atoms with van der Waals surface area (Å²) in [6, 6.07) is 18.4. The van der Waals surface area contributed by atoms with Crippen molar-refractivity contribution in [3.05, 3.63) is 138 Å². The summed E-state index contributed by atoms with van der Waals surface area (Å²) in [5, 5.41) is 27.5. The molecule has 4 amide bonds. The molecule has 0 saturated heterocycles. The third-order valence-corrected chi connectivity index (χ3v) is 11.0. The second kappa shape index (κ2) is 20.7. The van der Waals surface area contributed by atoms with Crippen molar-refractivity contribution in [2.45, 2.75) is 46.7 Å². The first-order chi connectivity index (χ1) is 29.3. The third kappa shape index (κ3) is 11.7. The van der Waals surface area contributed by atoms with Crippen LogP contribution in [0.1, 0.15) is 51.3 Å². The molecule has 0 saturated carbocycles. The number of hydrogen-bond donors (Lipinski definition) is 4. The predicted octanol–water partition coefficient (Wildman–Crippen LogP) is 11.7. The van der Waals surface area contributed by atoms with E-state index in [1.54, 1.807) is 57.2 Å². The molecule has 0 heterocycles. The summed E-state index contributed by atoms with van der Waals surface area (Å²) in [4.78, 5) is 77.8. The predicted molar refractivity (Wildman–Crippen MR) is 243 cm³/mol. The number of rotatable bonds is 14. The van der Waals surface area contributed by atoms with Gasteiger partial charge in [-0.05, 0) is 124 Å². The molecule has 5 aromatic carbocycles. The van der Waals surface area contributed by atoms with Gasteiger partial charge < -0.3 is 21.3 Å². The monoisotopic (exact) mass is 934 g/mol. The molecule has 0 aromatic heterocycles. The van der Waals surface area contributed by atoms with Crippen LogP contribution in [0.15, 0.2) is 105 Å². The van der Waals surface area contributed by atoms with Gasteiger partial charge in [-0.3, -0.25) is 28.8 Å². The molecular formula is C43H35Cl5N8O6. The van der Waals surface area contributed by atoms with Gasteiger partial charge in [0.2, 0.25) is 0 Å². The van der Waals surface area contributed by atoms with Crippen LogP contribution >= 0.6 is 58.0 Å². The van der Waals surface area contributed by atoms with Crippen LogP contribution < -0.4 is 21.3 Å². The molecule has 0 bridgehead atoms. The first kappa shape index (κ1) is 47.0. The number of carbonyl (C=O) groups excluding carboxylic acids is 6. The summed E-state index contributed by atoms with van der Waals surface area (Å²) in [6.07, 6.45) is 0. The Kier molecular flexibility index (Phi) is 15.7. The van der Waals surface area contributed by atoms with Crippen molar-refractivity contribution in [2.75, 3.05) is 21.3 Å². The smallest absolute Gasteiger partial charge is 0.294 e. The molecule has 0 aliphatic rings. The van der Waals surface area contributed by atoms with Crippen LogP contribution in [-0.4, -0.2) is 47.3 Å². The quantitative estimate of drug-likeness (QED) is 0.0622. The molecule has 2 unspecified atom stereocenters. The van der Waals surface area contributed by atoms with E-state index in [0.29, 0.717) is 38.1 Å². The minimum absolute atomic E-state index is 0.00277. The second-order valence-corrected chi connectivity index (χ2v) is 15.7. The molecule has 0 radical (unpaired) electrons. The van der Waals surface area contributed by atoms with Gasteiger partial charge in [0.05, 0.1) is 20.8 Å². The van der Waals surface area contributed by atoms with Crippen molar-refractivity contribution in [1.82, 2.24) is 0 Å². The van der Waals surface area contributed by atoms with Gasteiger partial charge in [0.1, 0.15) is 11.4 Å². The molecule has 5 rings (SSSR count). The third-order valence-electron chi connectivity index (χ3n) is 9.18. The molecule has 19 heteroatoms. The van der Waals surface area contributed by atoms with Crippen LogP contribution in [0.3, 0.4) is 0 Å². The largest absolute Gasteiger partial charge is 0.367 e. The fraction of sp³-hybridized carbons (Fsp3) is 0.163. The Morgan fingerprint density at radius 3 is 1.32 bits per heavy atom. The number of Topliss-reactive ketones (excluding diaryl/α,β-unsaturated/α-hetero) is 2. The van der Waals surface area contributed by atoms with E-state index in [9.17, 15) is 28.8 Å². The van der Waals surface area contributed by atoms with E-state index in [4.69, 9.17) is 58.0 Å². The van der Waals surface area contributed by atoms with E-state index < -0.39 is 47.3 Å². The van der Waals surface area contributed by atoms with Crippen LogP contribution in [0.25, 0.3) is 0 Å². The molecule has 62 heavy (non-hydrogen) atoms. The average molecular weight is 937 g/mol. The maximum absolute atomic E-state index is 13.2. The lowest BCUT2D eigenvalue weighted by Crippen LogP contribution is -2.36. The molecule has 2 atom stereocenters. The maximum Gasteiger partial charge on any atom is 0.294 e. The minimum Gasteiger partial charge on any atom is -0.367 e. The Balaban J connectivity index is 1.28. The van der Waals surface area contributed by atoms with Gasteiger partial charge >= 0.3 is 0 Å². The molecule has 0 spiro atoms. The number of amides is 4. The van der Waals surface area contributed by atoms with Crippen LogP contribution in [0.2, 0.25) is 25.1 Å².